The lowest BCUT2D eigenvalue weighted by molar-refractivity contribution is -0.153. The van der Waals surface area contributed by atoms with Gasteiger partial charge in [-0.25, -0.2) is 0 Å². The monoisotopic (exact) mass is 376 g/mol. The van der Waals surface area contributed by atoms with Crippen LogP contribution in [0.4, 0.5) is 10.5 Å². The fourth-order valence-electron chi connectivity index (χ4n) is 1.84. The Morgan fingerprint density at radius 2 is 2.17 bits per heavy atom. The van der Waals surface area contributed by atoms with Crippen molar-refractivity contribution in [3.63, 3.8) is 0 Å². The number of thioether (sulfide) groups is 1. The molecule has 0 aromatic heterocycles. The van der Waals surface area contributed by atoms with Crippen molar-refractivity contribution in [1.82, 2.24) is 4.90 Å². The summed E-state index contributed by atoms with van der Waals surface area (Å²) in [7, 11) is 0. The SMILES string of the molecule is C[C@H](OC(=O)CN1CCSC1=O)C(=O)Nc1ccc(Cl)cc1Cl. The average molecular weight is 377 g/mol. The van der Waals surface area contributed by atoms with Gasteiger partial charge in [-0.2, -0.15) is 0 Å². The Morgan fingerprint density at radius 3 is 2.78 bits per heavy atom. The number of rotatable bonds is 5. The second-order valence-corrected chi connectivity index (χ2v) is 6.67. The lowest BCUT2D eigenvalue weighted by Crippen LogP contribution is -2.36. The zero-order valence-electron chi connectivity index (χ0n) is 12.2. The molecule has 2 rings (SSSR count). The molecule has 1 aliphatic heterocycles. The summed E-state index contributed by atoms with van der Waals surface area (Å²) >= 11 is 12.9. The Kier molecular flexibility index (Phi) is 6.15. The fraction of sp³-hybridized carbons (Fsp3) is 0.357. The van der Waals surface area contributed by atoms with E-state index in [0.29, 0.717) is 23.0 Å². The smallest absolute Gasteiger partial charge is 0.326 e. The van der Waals surface area contributed by atoms with Crippen molar-refractivity contribution in [1.29, 1.82) is 0 Å². The fourth-order valence-corrected chi connectivity index (χ4v) is 3.12. The van der Waals surface area contributed by atoms with E-state index in [1.807, 2.05) is 0 Å². The molecular weight excluding hydrogens is 363 g/mol. The summed E-state index contributed by atoms with van der Waals surface area (Å²) in [5.74, 6) is -0.507. The highest BCUT2D eigenvalue weighted by Crippen LogP contribution is 2.25. The number of ether oxygens (including phenoxy) is 1. The summed E-state index contributed by atoms with van der Waals surface area (Å²) < 4.78 is 5.03. The molecule has 1 aliphatic rings. The highest BCUT2D eigenvalue weighted by atomic mass is 35.5. The number of nitrogens with zero attached hydrogens (tertiary/aromatic N) is 1. The van der Waals surface area contributed by atoms with Gasteiger partial charge < -0.3 is 15.0 Å². The van der Waals surface area contributed by atoms with Crippen LogP contribution in [0.15, 0.2) is 18.2 Å². The van der Waals surface area contributed by atoms with Crippen LogP contribution in [0.5, 0.6) is 0 Å². The van der Waals surface area contributed by atoms with Crippen LogP contribution in [-0.2, 0) is 14.3 Å². The van der Waals surface area contributed by atoms with Crippen LogP contribution in [0, 0.1) is 0 Å². The minimum absolute atomic E-state index is 0.160. The highest BCUT2D eigenvalue weighted by molar-refractivity contribution is 8.13. The number of carbonyl (C=O) groups is 3. The van der Waals surface area contributed by atoms with Crippen LogP contribution in [-0.4, -0.2) is 47.0 Å². The molecule has 1 heterocycles. The Morgan fingerprint density at radius 1 is 1.43 bits per heavy atom. The Labute approximate surface area is 147 Å². The van der Waals surface area contributed by atoms with E-state index in [1.165, 1.54) is 17.9 Å². The summed E-state index contributed by atoms with van der Waals surface area (Å²) in [4.78, 5) is 36.6. The minimum Gasteiger partial charge on any atom is -0.451 e. The van der Waals surface area contributed by atoms with Gasteiger partial charge in [0, 0.05) is 17.3 Å². The third-order valence-corrected chi connectivity index (χ3v) is 4.47. The first kappa shape index (κ1) is 17.9. The van der Waals surface area contributed by atoms with Gasteiger partial charge in [0.25, 0.3) is 11.1 Å². The van der Waals surface area contributed by atoms with Gasteiger partial charge in [-0.3, -0.25) is 14.4 Å². The molecule has 0 spiro atoms. The van der Waals surface area contributed by atoms with Crippen molar-refractivity contribution >= 4 is 57.8 Å². The summed E-state index contributed by atoms with van der Waals surface area (Å²) in [6, 6.07) is 4.62. The van der Waals surface area contributed by atoms with Gasteiger partial charge >= 0.3 is 5.97 Å². The van der Waals surface area contributed by atoms with Crippen LogP contribution in [0.2, 0.25) is 10.0 Å². The van der Waals surface area contributed by atoms with Crippen molar-refractivity contribution in [2.24, 2.45) is 0 Å². The van der Waals surface area contributed by atoms with E-state index in [9.17, 15) is 14.4 Å². The van der Waals surface area contributed by atoms with Crippen molar-refractivity contribution in [2.75, 3.05) is 24.2 Å². The second kappa shape index (κ2) is 7.90. The maximum atomic E-state index is 12.0. The number of hydrogen-bond donors (Lipinski definition) is 1. The number of halogens is 2. The number of nitrogens with one attached hydrogen (secondary N) is 1. The molecule has 0 unspecified atom stereocenters. The molecular formula is C14H14Cl2N2O4S. The van der Waals surface area contributed by atoms with E-state index < -0.39 is 18.0 Å². The molecule has 1 aromatic rings. The van der Waals surface area contributed by atoms with E-state index in [-0.39, 0.29) is 16.8 Å². The molecule has 0 aliphatic carbocycles. The predicted octanol–water partition coefficient (Wildman–Crippen LogP) is 3.03. The van der Waals surface area contributed by atoms with Gasteiger partial charge in [0.05, 0.1) is 10.7 Å². The lowest BCUT2D eigenvalue weighted by Gasteiger charge is -2.17. The lowest BCUT2D eigenvalue weighted by atomic mass is 10.3. The first-order valence-electron chi connectivity index (χ1n) is 6.74. The highest BCUT2D eigenvalue weighted by Gasteiger charge is 2.26. The molecule has 0 bridgehead atoms. The summed E-state index contributed by atoms with van der Waals surface area (Å²) in [5, 5.41) is 3.12. The molecule has 6 nitrogen and oxygen atoms in total. The van der Waals surface area contributed by atoms with Gasteiger partial charge in [0.15, 0.2) is 6.10 Å². The number of hydrogen-bond acceptors (Lipinski definition) is 5. The number of amides is 2. The molecule has 1 fully saturated rings. The summed E-state index contributed by atoms with van der Waals surface area (Å²) in [5.41, 5.74) is 0.370. The summed E-state index contributed by atoms with van der Waals surface area (Å²) in [6.07, 6.45) is -1.01. The van der Waals surface area contributed by atoms with Gasteiger partial charge in [0.2, 0.25) is 0 Å². The average Bonchev–Trinajstić information content (AvgIpc) is 2.87. The van der Waals surface area contributed by atoms with Crippen LogP contribution >= 0.6 is 35.0 Å². The molecule has 1 N–H and O–H groups in total. The van der Waals surface area contributed by atoms with E-state index >= 15 is 0 Å². The van der Waals surface area contributed by atoms with Crippen LogP contribution in [0.1, 0.15) is 6.92 Å². The summed E-state index contributed by atoms with van der Waals surface area (Å²) in [6.45, 7) is 1.78. The molecule has 1 atom stereocenters. The van der Waals surface area contributed by atoms with Crippen LogP contribution in [0.3, 0.4) is 0 Å². The third-order valence-electron chi connectivity index (χ3n) is 3.03. The molecule has 0 saturated carbocycles. The van der Waals surface area contributed by atoms with Gasteiger partial charge in [-0.15, -0.1) is 0 Å². The zero-order chi connectivity index (χ0) is 17.0. The topological polar surface area (TPSA) is 75.7 Å². The Hall–Kier alpha value is -1.44. The zero-order valence-corrected chi connectivity index (χ0v) is 14.5. The van der Waals surface area contributed by atoms with E-state index in [1.54, 1.807) is 12.1 Å². The van der Waals surface area contributed by atoms with Gasteiger partial charge in [-0.05, 0) is 25.1 Å². The van der Waals surface area contributed by atoms with Gasteiger partial charge in [-0.1, -0.05) is 35.0 Å². The molecule has 9 heteroatoms. The number of anilines is 1. The van der Waals surface area contributed by atoms with E-state index in [2.05, 4.69) is 5.32 Å². The second-order valence-electron chi connectivity index (χ2n) is 4.78. The maximum Gasteiger partial charge on any atom is 0.326 e. The Bertz CT molecular complexity index is 641. The maximum absolute atomic E-state index is 12.0. The van der Waals surface area contributed by atoms with Gasteiger partial charge in [0.1, 0.15) is 6.54 Å². The molecule has 2 amide bonds. The van der Waals surface area contributed by atoms with Crippen molar-refractivity contribution in [2.45, 2.75) is 13.0 Å². The number of benzene rings is 1. The molecule has 0 radical (unpaired) electrons. The molecule has 1 saturated heterocycles. The van der Waals surface area contributed by atoms with Crippen molar-refractivity contribution in [3.05, 3.63) is 28.2 Å². The largest absolute Gasteiger partial charge is 0.451 e. The predicted molar refractivity (Wildman–Crippen MR) is 90.1 cm³/mol. The third kappa shape index (κ3) is 5.02. The number of esters is 1. The minimum atomic E-state index is -1.01. The first-order valence-corrected chi connectivity index (χ1v) is 8.48. The molecule has 1 aromatic carbocycles. The Balaban J connectivity index is 1.86. The van der Waals surface area contributed by atoms with Crippen LogP contribution in [0.25, 0.3) is 0 Å². The van der Waals surface area contributed by atoms with Crippen LogP contribution < -0.4 is 5.32 Å². The quantitative estimate of drug-likeness (QED) is 0.799. The van der Waals surface area contributed by atoms with Crippen molar-refractivity contribution < 1.29 is 19.1 Å². The van der Waals surface area contributed by atoms with E-state index in [4.69, 9.17) is 27.9 Å². The number of carbonyl (C=O) groups excluding carboxylic acids is 3. The van der Waals surface area contributed by atoms with Crippen molar-refractivity contribution in [3.8, 4) is 0 Å². The first-order chi connectivity index (χ1) is 10.9. The molecule has 124 valence electrons. The normalized spacial score (nSPS) is 15.4. The van der Waals surface area contributed by atoms with E-state index in [0.717, 1.165) is 11.8 Å². The molecule has 23 heavy (non-hydrogen) atoms. The standard InChI is InChI=1S/C14H14Cl2N2O4S/c1-8(22-12(19)7-18-4-5-23-14(18)21)13(20)17-11-3-2-9(15)6-10(11)16/h2-3,6,8H,4-5,7H2,1H3,(H,17,20)/t8-/m0/s1.